The van der Waals surface area contributed by atoms with E-state index in [9.17, 15) is 14.0 Å². The van der Waals surface area contributed by atoms with E-state index in [1.54, 1.807) is 0 Å². The number of esters is 1. The Morgan fingerprint density at radius 1 is 1.45 bits per heavy atom. The molecule has 0 N–H and O–H groups in total. The van der Waals surface area contributed by atoms with Gasteiger partial charge in [0.1, 0.15) is 5.82 Å². The molecule has 0 radical (unpaired) electrons. The van der Waals surface area contributed by atoms with Gasteiger partial charge in [-0.2, -0.15) is 0 Å². The van der Waals surface area contributed by atoms with Crippen LogP contribution in [0.1, 0.15) is 18.4 Å². The van der Waals surface area contributed by atoms with E-state index >= 15 is 0 Å². The summed E-state index contributed by atoms with van der Waals surface area (Å²) in [6.07, 6.45) is 1.87. The van der Waals surface area contributed by atoms with E-state index < -0.39 is 0 Å². The van der Waals surface area contributed by atoms with Crippen molar-refractivity contribution >= 4 is 45.3 Å². The van der Waals surface area contributed by atoms with E-state index in [-0.39, 0.29) is 29.9 Å². The zero-order chi connectivity index (χ0) is 16.1. The average molecular weight is 390 g/mol. The van der Waals surface area contributed by atoms with Gasteiger partial charge in [-0.05, 0) is 30.5 Å². The minimum absolute atomic E-state index is 0.112. The molecule has 1 aromatic rings. The molecular weight excluding hydrogens is 373 g/mol. The molecule has 4 nitrogen and oxygen atoms in total. The molecule has 1 amide bonds. The average Bonchev–Trinajstić information content (AvgIpc) is 2.50. The molecule has 22 heavy (non-hydrogen) atoms. The summed E-state index contributed by atoms with van der Waals surface area (Å²) in [6, 6.07) is 3.25. The fourth-order valence-corrected chi connectivity index (χ4v) is 3.63. The zero-order valence-corrected chi connectivity index (χ0v) is 14.6. The lowest BCUT2D eigenvalue weighted by Gasteiger charge is -2.30. The third kappa shape index (κ3) is 4.23. The normalized spacial score (nSPS) is 13.7. The van der Waals surface area contributed by atoms with Gasteiger partial charge < -0.3 is 9.64 Å². The summed E-state index contributed by atoms with van der Waals surface area (Å²) in [6.45, 7) is 0.534. The summed E-state index contributed by atoms with van der Waals surface area (Å²) in [7, 11) is 1.33. The Labute approximate surface area is 141 Å². The summed E-state index contributed by atoms with van der Waals surface area (Å²) < 4.78 is 19.4. The SMILES string of the molecule is COC(=O)CSCCC(=O)N1CCCc2cc(Br)cc(F)c21. The van der Waals surface area contributed by atoms with E-state index in [0.29, 0.717) is 22.5 Å². The summed E-state index contributed by atoms with van der Waals surface area (Å²) in [5.41, 5.74) is 1.26. The molecule has 0 aromatic heterocycles. The van der Waals surface area contributed by atoms with Gasteiger partial charge in [-0.3, -0.25) is 9.59 Å². The fraction of sp³-hybridized carbons (Fsp3) is 0.467. The number of aryl methyl sites for hydroxylation is 1. The second-order valence-electron chi connectivity index (χ2n) is 4.92. The number of fused-ring (bicyclic) bond motifs is 1. The van der Waals surface area contributed by atoms with Crippen LogP contribution < -0.4 is 4.90 Å². The van der Waals surface area contributed by atoms with Crippen LogP contribution in [0.15, 0.2) is 16.6 Å². The van der Waals surface area contributed by atoms with Crippen LogP contribution in [0.4, 0.5) is 10.1 Å². The predicted octanol–water partition coefficient (Wildman–Crippen LogP) is 3.16. The van der Waals surface area contributed by atoms with E-state index in [1.807, 2.05) is 6.07 Å². The van der Waals surface area contributed by atoms with Gasteiger partial charge in [0.2, 0.25) is 5.91 Å². The first-order valence-corrected chi connectivity index (χ1v) is 8.90. The van der Waals surface area contributed by atoms with E-state index in [0.717, 1.165) is 18.4 Å². The van der Waals surface area contributed by atoms with Gasteiger partial charge >= 0.3 is 5.97 Å². The van der Waals surface area contributed by atoms with Gasteiger partial charge in [-0.25, -0.2) is 4.39 Å². The highest BCUT2D eigenvalue weighted by Crippen LogP contribution is 2.33. The topological polar surface area (TPSA) is 46.6 Å². The number of nitrogens with zero attached hydrogens (tertiary/aromatic N) is 1. The number of benzene rings is 1. The van der Waals surface area contributed by atoms with Gasteiger partial charge in [0.15, 0.2) is 0 Å². The number of halogens is 2. The van der Waals surface area contributed by atoms with Crippen LogP contribution in [0, 0.1) is 5.82 Å². The Kier molecular flexibility index (Phi) is 6.26. The molecule has 1 heterocycles. The molecule has 0 fully saturated rings. The molecule has 0 aliphatic carbocycles. The number of anilines is 1. The lowest BCUT2D eigenvalue weighted by molar-refractivity contribution is -0.137. The van der Waals surface area contributed by atoms with Crippen molar-refractivity contribution in [1.29, 1.82) is 0 Å². The molecule has 0 bridgehead atoms. The molecule has 0 spiro atoms. The molecule has 2 rings (SSSR count). The number of carbonyl (C=O) groups excluding carboxylic acids is 2. The van der Waals surface area contributed by atoms with Gasteiger partial charge in [-0.1, -0.05) is 15.9 Å². The van der Waals surface area contributed by atoms with Crippen molar-refractivity contribution in [2.45, 2.75) is 19.3 Å². The highest BCUT2D eigenvalue weighted by atomic mass is 79.9. The van der Waals surface area contributed by atoms with Crippen LogP contribution in [0.2, 0.25) is 0 Å². The smallest absolute Gasteiger partial charge is 0.315 e. The van der Waals surface area contributed by atoms with Gasteiger partial charge in [0, 0.05) is 23.2 Å². The Morgan fingerprint density at radius 2 is 2.23 bits per heavy atom. The first kappa shape index (κ1) is 17.3. The van der Waals surface area contributed by atoms with E-state index in [1.165, 1.54) is 29.8 Å². The molecule has 0 saturated heterocycles. The first-order chi connectivity index (χ1) is 10.5. The Morgan fingerprint density at radius 3 is 2.95 bits per heavy atom. The minimum Gasteiger partial charge on any atom is -0.468 e. The summed E-state index contributed by atoms with van der Waals surface area (Å²) in [4.78, 5) is 24.9. The van der Waals surface area contributed by atoms with Crippen LogP contribution in [-0.2, 0) is 20.7 Å². The maximum atomic E-state index is 14.2. The molecule has 120 valence electrons. The summed E-state index contributed by atoms with van der Waals surface area (Å²) in [5.74, 6) is -0.0598. The molecule has 1 aliphatic rings. The number of carbonyl (C=O) groups is 2. The fourth-order valence-electron chi connectivity index (χ4n) is 2.41. The molecule has 0 saturated carbocycles. The predicted molar refractivity (Wildman–Crippen MR) is 88.7 cm³/mol. The van der Waals surface area contributed by atoms with Crippen LogP contribution in [0.3, 0.4) is 0 Å². The highest BCUT2D eigenvalue weighted by Gasteiger charge is 2.25. The van der Waals surface area contributed by atoms with Crippen molar-refractivity contribution in [2.24, 2.45) is 0 Å². The third-order valence-corrected chi connectivity index (χ3v) is 4.80. The number of hydrogen-bond acceptors (Lipinski definition) is 4. The Balaban J connectivity index is 1.99. The van der Waals surface area contributed by atoms with Crippen molar-refractivity contribution in [2.75, 3.05) is 30.1 Å². The quantitative estimate of drug-likeness (QED) is 0.573. The van der Waals surface area contributed by atoms with Gasteiger partial charge in [0.05, 0.1) is 18.6 Å². The summed E-state index contributed by atoms with van der Waals surface area (Å²) >= 11 is 4.62. The molecule has 0 atom stereocenters. The standard InChI is InChI=1S/C15H17BrFNO3S/c1-21-14(20)9-22-6-4-13(19)18-5-2-3-10-7-11(16)8-12(17)15(10)18/h7-8H,2-6,9H2,1H3. The lowest BCUT2D eigenvalue weighted by atomic mass is 10.0. The number of methoxy groups -OCH3 is 1. The van der Waals surface area contributed by atoms with Crippen LogP contribution >= 0.6 is 27.7 Å². The minimum atomic E-state index is -0.375. The number of thioether (sulfide) groups is 1. The number of amides is 1. The Bertz CT molecular complexity index is 582. The maximum Gasteiger partial charge on any atom is 0.315 e. The number of rotatable bonds is 5. The van der Waals surface area contributed by atoms with E-state index in [2.05, 4.69) is 20.7 Å². The molecule has 1 aliphatic heterocycles. The van der Waals surface area contributed by atoms with Crippen molar-refractivity contribution in [3.05, 3.63) is 28.0 Å². The van der Waals surface area contributed by atoms with Crippen LogP contribution in [0.5, 0.6) is 0 Å². The monoisotopic (exact) mass is 389 g/mol. The molecule has 1 aromatic carbocycles. The number of ether oxygens (including phenoxy) is 1. The number of hydrogen-bond donors (Lipinski definition) is 0. The van der Waals surface area contributed by atoms with E-state index in [4.69, 9.17) is 0 Å². The van der Waals surface area contributed by atoms with Crippen molar-refractivity contribution in [3.63, 3.8) is 0 Å². The second kappa shape index (κ2) is 7.97. The largest absolute Gasteiger partial charge is 0.468 e. The van der Waals surface area contributed by atoms with Crippen molar-refractivity contribution in [1.82, 2.24) is 0 Å². The first-order valence-electron chi connectivity index (χ1n) is 6.95. The van der Waals surface area contributed by atoms with Crippen molar-refractivity contribution < 1.29 is 18.7 Å². The second-order valence-corrected chi connectivity index (χ2v) is 6.94. The highest BCUT2D eigenvalue weighted by molar-refractivity contribution is 9.10. The van der Waals surface area contributed by atoms with Crippen LogP contribution in [-0.4, -0.2) is 37.0 Å². The van der Waals surface area contributed by atoms with Gasteiger partial charge in [-0.15, -0.1) is 11.8 Å². The molecular formula is C15H17BrFNO3S. The maximum absolute atomic E-state index is 14.2. The lowest BCUT2D eigenvalue weighted by Crippen LogP contribution is -2.36. The van der Waals surface area contributed by atoms with Gasteiger partial charge in [0.25, 0.3) is 0 Å². The van der Waals surface area contributed by atoms with Crippen LogP contribution in [0.25, 0.3) is 0 Å². The third-order valence-electron chi connectivity index (χ3n) is 3.41. The Hall–Kier alpha value is -1.08. The van der Waals surface area contributed by atoms with Crippen molar-refractivity contribution in [3.8, 4) is 0 Å². The zero-order valence-electron chi connectivity index (χ0n) is 12.2. The summed E-state index contributed by atoms with van der Waals surface area (Å²) in [5, 5.41) is 0. The molecule has 7 heteroatoms. The molecule has 0 unspecified atom stereocenters.